The van der Waals surface area contributed by atoms with Gasteiger partial charge >= 0.3 is 0 Å². The first-order valence-electron chi connectivity index (χ1n) is 9.38. The zero-order chi connectivity index (χ0) is 19.3. The predicted molar refractivity (Wildman–Crippen MR) is 111 cm³/mol. The monoisotopic (exact) mass is 390 g/mol. The van der Waals surface area contributed by atoms with Crippen LogP contribution in [-0.4, -0.2) is 37.3 Å². The van der Waals surface area contributed by atoms with Crippen LogP contribution >= 0.6 is 11.3 Å². The van der Waals surface area contributed by atoms with Crippen molar-refractivity contribution in [1.82, 2.24) is 15.6 Å². The normalized spacial score (nSPS) is 11.6. The molecule has 1 heterocycles. The van der Waals surface area contributed by atoms with Crippen molar-refractivity contribution < 1.29 is 9.47 Å². The maximum absolute atomic E-state index is 5.64. The second-order valence-corrected chi connectivity index (χ2v) is 7.30. The first-order valence-corrected chi connectivity index (χ1v) is 10.2. The summed E-state index contributed by atoms with van der Waals surface area (Å²) in [7, 11) is 0. The van der Waals surface area contributed by atoms with Crippen LogP contribution in [0.2, 0.25) is 0 Å². The van der Waals surface area contributed by atoms with E-state index in [9.17, 15) is 0 Å². The van der Waals surface area contributed by atoms with E-state index in [-0.39, 0.29) is 0 Å². The fraction of sp³-hybridized carbons (Fsp3) is 0.500. The number of hydrogen-bond acceptors (Lipinski definition) is 5. The van der Waals surface area contributed by atoms with Crippen molar-refractivity contribution in [3.8, 4) is 0 Å². The van der Waals surface area contributed by atoms with Crippen molar-refractivity contribution in [3.63, 3.8) is 0 Å². The molecule has 0 atom stereocenters. The number of guanidine groups is 1. The van der Waals surface area contributed by atoms with Gasteiger partial charge in [-0.2, -0.15) is 0 Å². The van der Waals surface area contributed by atoms with E-state index in [1.165, 1.54) is 4.88 Å². The first kappa shape index (κ1) is 21.3. The van der Waals surface area contributed by atoms with Gasteiger partial charge in [0.15, 0.2) is 5.96 Å². The number of ether oxygens (including phenoxy) is 2. The Morgan fingerprint density at radius 2 is 1.96 bits per heavy atom. The van der Waals surface area contributed by atoms with E-state index in [4.69, 9.17) is 9.47 Å². The molecule has 6 nitrogen and oxygen atoms in total. The number of benzene rings is 1. The summed E-state index contributed by atoms with van der Waals surface area (Å²) in [6.07, 6.45) is 1.90. The topological polar surface area (TPSA) is 67.8 Å². The zero-order valence-electron chi connectivity index (χ0n) is 16.5. The molecule has 0 fully saturated rings. The van der Waals surface area contributed by atoms with Crippen LogP contribution < -0.4 is 10.6 Å². The van der Waals surface area contributed by atoms with Gasteiger partial charge in [0.2, 0.25) is 0 Å². The lowest BCUT2D eigenvalue weighted by Gasteiger charge is -2.10. The van der Waals surface area contributed by atoms with Gasteiger partial charge in [-0.15, -0.1) is 11.3 Å². The smallest absolute Gasteiger partial charge is 0.191 e. The van der Waals surface area contributed by atoms with E-state index in [0.717, 1.165) is 35.2 Å². The second kappa shape index (κ2) is 12.4. The molecule has 0 spiro atoms. The van der Waals surface area contributed by atoms with Crippen LogP contribution in [0.25, 0.3) is 0 Å². The summed E-state index contributed by atoms with van der Waals surface area (Å²) < 4.78 is 10.9. The quantitative estimate of drug-likeness (QED) is 0.350. The Labute approximate surface area is 166 Å². The van der Waals surface area contributed by atoms with E-state index in [1.807, 2.05) is 19.2 Å². The molecule has 0 unspecified atom stereocenters. The van der Waals surface area contributed by atoms with Gasteiger partial charge in [0.1, 0.15) is 5.01 Å². The first-order chi connectivity index (χ1) is 13.2. The summed E-state index contributed by atoms with van der Waals surface area (Å²) in [5.74, 6) is 0.795. The van der Waals surface area contributed by atoms with E-state index < -0.39 is 0 Å². The Morgan fingerprint density at radius 1 is 1.15 bits per heavy atom. The molecule has 0 aliphatic heterocycles. The molecule has 2 N–H and O–H groups in total. The van der Waals surface area contributed by atoms with Gasteiger partial charge in [-0.25, -0.2) is 9.98 Å². The number of thiazole rings is 1. The molecule has 2 aromatic rings. The average Bonchev–Trinajstić information content (AvgIpc) is 3.09. The molecular weight excluding hydrogens is 360 g/mol. The molecule has 0 aliphatic rings. The highest BCUT2D eigenvalue weighted by atomic mass is 32.1. The van der Waals surface area contributed by atoms with Gasteiger partial charge in [0.05, 0.1) is 32.9 Å². The summed E-state index contributed by atoms with van der Waals surface area (Å²) in [5, 5.41) is 7.67. The SMILES string of the molecule is CCNC(=NCc1cccc(COCCOCC)c1)NCc1ncc(C)s1. The van der Waals surface area contributed by atoms with Crippen LogP contribution in [-0.2, 0) is 29.2 Å². The van der Waals surface area contributed by atoms with Crippen molar-refractivity contribution in [2.24, 2.45) is 4.99 Å². The molecule has 1 aromatic carbocycles. The molecule has 0 aliphatic carbocycles. The number of aryl methyl sites for hydroxylation is 1. The highest BCUT2D eigenvalue weighted by Gasteiger charge is 2.02. The fourth-order valence-corrected chi connectivity index (χ4v) is 3.15. The Balaban J connectivity index is 1.85. The molecule has 2 rings (SSSR count). The Morgan fingerprint density at radius 3 is 2.70 bits per heavy atom. The highest BCUT2D eigenvalue weighted by molar-refractivity contribution is 7.11. The molecular formula is C20H30N4O2S. The molecule has 7 heteroatoms. The number of aliphatic imine (C=N–C) groups is 1. The van der Waals surface area contributed by atoms with Gasteiger partial charge in [-0.05, 0) is 31.9 Å². The molecule has 27 heavy (non-hydrogen) atoms. The predicted octanol–water partition coefficient (Wildman–Crippen LogP) is 3.26. The van der Waals surface area contributed by atoms with Gasteiger partial charge in [0.25, 0.3) is 0 Å². The molecule has 0 bridgehead atoms. The summed E-state index contributed by atoms with van der Waals surface area (Å²) in [5.41, 5.74) is 2.30. The Kier molecular flexibility index (Phi) is 9.83. The number of hydrogen-bond donors (Lipinski definition) is 2. The third kappa shape index (κ3) is 8.51. The average molecular weight is 391 g/mol. The lowest BCUT2D eigenvalue weighted by atomic mass is 10.1. The van der Waals surface area contributed by atoms with Crippen LogP contribution in [0, 0.1) is 6.92 Å². The van der Waals surface area contributed by atoms with Crippen molar-refractivity contribution in [2.75, 3.05) is 26.4 Å². The fourth-order valence-electron chi connectivity index (χ4n) is 2.42. The molecule has 0 radical (unpaired) electrons. The Bertz CT molecular complexity index is 703. The van der Waals surface area contributed by atoms with Gasteiger partial charge < -0.3 is 20.1 Å². The van der Waals surface area contributed by atoms with Crippen molar-refractivity contribution >= 4 is 17.3 Å². The Hall–Kier alpha value is -1.96. The minimum atomic E-state index is 0.590. The summed E-state index contributed by atoms with van der Waals surface area (Å²) in [4.78, 5) is 10.3. The molecule has 0 saturated carbocycles. The van der Waals surface area contributed by atoms with Gasteiger partial charge in [0, 0.05) is 24.2 Å². The zero-order valence-corrected chi connectivity index (χ0v) is 17.3. The minimum absolute atomic E-state index is 0.590. The lowest BCUT2D eigenvalue weighted by molar-refractivity contribution is 0.0453. The van der Waals surface area contributed by atoms with Crippen LogP contribution in [0.1, 0.15) is 34.9 Å². The molecule has 0 saturated heterocycles. The third-order valence-corrected chi connectivity index (χ3v) is 4.59. The maximum atomic E-state index is 5.64. The van der Waals surface area contributed by atoms with Crippen LogP contribution in [0.5, 0.6) is 0 Å². The van der Waals surface area contributed by atoms with Crippen molar-refractivity contribution in [2.45, 2.75) is 40.5 Å². The highest BCUT2D eigenvalue weighted by Crippen LogP contribution is 2.11. The number of nitrogens with zero attached hydrogens (tertiary/aromatic N) is 2. The molecule has 0 amide bonds. The minimum Gasteiger partial charge on any atom is -0.379 e. The second-order valence-electron chi connectivity index (χ2n) is 5.98. The van der Waals surface area contributed by atoms with Crippen LogP contribution in [0.15, 0.2) is 35.5 Å². The van der Waals surface area contributed by atoms with Crippen molar-refractivity contribution in [3.05, 3.63) is 51.5 Å². The van der Waals surface area contributed by atoms with Gasteiger partial charge in [-0.1, -0.05) is 24.3 Å². The summed E-state index contributed by atoms with van der Waals surface area (Å²) in [6.45, 7) is 10.8. The van der Waals surface area contributed by atoms with Gasteiger partial charge in [-0.3, -0.25) is 0 Å². The van der Waals surface area contributed by atoms with E-state index in [2.05, 4.69) is 52.7 Å². The summed E-state index contributed by atoms with van der Waals surface area (Å²) >= 11 is 1.70. The molecule has 1 aromatic heterocycles. The van der Waals surface area contributed by atoms with Crippen molar-refractivity contribution in [1.29, 1.82) is 0 Å². The molecule has 148 valence electrons. The van der Waals surface area contributed by atoms with E-state index >= 15 is 0 Å². The summed E-state index contributed by atoms with van der Waals surface area (Å²) in [6, 6.07) is 8.34. The standard InChI is InChI=1S/C20H30N4O2S/c1-4-21-20(24-14-19-22-12-16(3)27-19)23-13-17-7-6-8-18(11-17)15-26-10-9-25-5-2/h6-8,11-12H,4-5,9-10,13-15H2,1-3H3,(H2,21,23,24). The third-order valence-electron chi connectivity index (χ3n) is 3.68. The maximum Gasteiger partial charge on any atom is 0.191 e. The number of aromatic nitrogens is 1. The lowest BCUT2D eigenvalue weighted by Crippen LogP contribution is -2.36. The number of nitrogens with one attached hydrogen (secondary N) is 2. The van der Waals surface area contributed by atoms with E-state index in [0.29, 0.717) is 32.9 Å². The largest absolute Gasteiger partial charge is 0.379 e. The van der Waals surface area contributed by atoms with Crippen LogP contribution in [0.4, 0.5) is 0 Å². The van der Waals surface area contributed by atoms with E-state index in [1.54, 1.807) is 11.3 Å². The van der Waals surface area contributed by atoms with Crippen LogP contribution in [0.3, 0.4) is 0 Å². The number of rotatable bonds is 11.